The molecule has 0 spiro atoms. The van der Waals surface area contributed by atoms with E-state index in [4.69, 9.17) is 4.74 Å². The highest BCUT2D eigenvalue weighted by Crippen LogP contribution is 2.40. The Morgan fingerprint density at radius 1 is 1.75 bits per heavy atom. The average molecular weight is 112 g/mol. The lowest BCUT2D eigenvalue weighted by molar-refractivity contribution is -0.122. The van der Waals surface area contributed by atoms with Crippen LogP contribution in [0.2, 0.25) is 0 Å². The Morgan fingerprint density at radius 2 is 2.50 bits per heavy atom. The number of carbonyl (C=O) groups is 1. The number of ether oxygens (including phenoxy) is 1. The first-order valence-electron chi connectivity index (χ1n) is 2.97. The molecule has 1 aliphatic heterocycles. The van der Waals surface area contributed by atoms with Crippen molar-refractivity contribution in [3.05, 3.63) is 0 Å². The van der Waals surface area contributed by atoms with Crippen LogP contribution in [0.4, 0.5) is 0 Å². The van der Waals surface area contributed by atoms with Gasteiger partial charge in [-0.3, -0.25) is 4.79 Å². The van der Waals surface area contributed by atoms with Crippen LogP contribution in [0.15, 0.2) is 0 Å². The van der Waals surface area contributed by atoms with E-state index in [1.54, 1.807) is 0 Å². The van der Waals surface area contributed by atoms with Crippen molar-refractivity contribution in [2.24, 2.45) is 5.92 Å². The first-order valence-corrected chi connectivity index (χ1v) is 2.97. The molecule has 0 bridgehead atoms. The summed E-state index contributed by atoms with van der Waals surface area (Å²) in [7, 11) is 0. The van der Waals surface area contributed by atoms with Gasteiger partial charge in [-0.2, -0.15) is 0 Å². The van der Waals surface area contributed by atoms with Crippen molar-refractivity contribution in [2.45, 2.75) is 25.6 Å². The number of fused-ring (bicyclic) bond motifs is 1. The standard InChI is InChI=1S/C6H8O2/c1-3-4(7)2-5-6(3)8-5/h3,5-6H,2H2,1H3/t3-,5-,6+/m1/s1. The van der Waals surface area contributed by atoms with Gasteiger partial charge in [0.05, 0.1) is 12.2 Å². The molecule has 3 atom stereocenters. The molecule has 2 rings (SSSR count). The lowest BCUT2D eigenvalue weighted by Crippen LogP contribution is -2.08. The van der Waals surface area contributed by atoms with Crippen molar-refractivity contribution in [2.75, 3.05) is 0 Å². The van der Waals surface area contributed by atoms with Crippen LogP contribution in [-0.2, 0) is 9.53 Å². The molecule has 1 saturated carbocycles. The Morgan fingerprint density at radius 3 is 2.75 bits per heavy atom. The first kappa shape index (κ1) is 4.50. The smallest absolute Gasteiger partial charge is 0.141 e. The summed E-state index contributed by atoms with van der Waals surface area (Å²) in [5.74, 6) is 0.575. The Labute approximate surface area is 47.8 Å². The minimum absolute atomic E-state index is 0.194. The van der Waals surface area contributed by atoms with Gasteiger partial charge in [0.1, 0.15) is 5.78 Å². The molecular formula is C6H8O2. The molecule has 0 amide bonds. The van der Waals surface area contributed by atoms with Gasteiger partial charge in [-0.15, -0.1) is 0 Å². The van der Waals surface area contributed by atoms with E-state index in [2.05, 4.69) is 0 Å². The van der Waals surface area contributed by atoms with E-state index >= 15 is 0 Å². The van der Waals surface area contributed by atoms with Crippen molar-refractivity contribution < 1.29 is 9.53 Å². The lowest BCUT2D eigenvalue weighted by atomic mass is 10.1. The van der Waals surface area contributed by atoms with Crippen LogP contribution in [0, 0.1) is 5.92 Å². The van der Waals surface area contributed by atoms with Gasteiger partial charge in [0.25, 0.3) is 0 Å². The third-order valence-corrected chi connectivity index (χ3v) is 2.02. The van der Waals surface area contributed by atoms with Crippen LogP contribution < -0.4 is 0 Å². The van der Waals surface area contributed by atoms with E-state index in [-0.39, 0.29) is 5.92 Å². The predicted molar refractivity (Wildman–Crippen MR) is 27.4 cm³/mol. The van der Waals surface area contributed by atoms with E-state index in [1.807, 2.05) is 6.92 Å². The highest BCUT2D eigenvalue weighted by molar-refractivity contribution is 5.85. The van der Waals surface area contributed by atoms with Gasteiger partial charge in [0, 0.05) is 12.3 Å². The maximum atomic E-state index is 10.7. The van der Waals surface area contributed by atoms with Gasteiger partial charge in [-0.1, -0.05) is 6.92 Å². The molecule has 2 heteroatoms. The highest BCUT2D eigenvalue weighted by atomic mass is 16.6. The Bertz CT molecular complexity index is 141. The van der Waals surface area contributed by atoms with Crippen LogP contribution in [0.1, 0.15) is 13.3 Å². The SMILES string of the molecule is C[C@@H]1C(=O)C[C@H]2O[C@@H]12. The summed E-state index contributed by atoms with van der Waals surface area (Å²) < 4.78 is 5.11. The third-order valence-electron chi connectivity index (χ3n) is 2.02. The zero-order valence-electron chi connectivity index (χ0n) is 4.76. The van der Waals surface area contributed by atoms with Crippen LogP contribution in [0.25, 0.3) is 0 Å². The number of ketones is 1. The summed E-state index contributed by atoms with van der Waals surface area (Å²) in [5, 5.41) is 0. The predicted octanol–water partition coefficient (Wildman–Crippen LogP) is 0.363. The van der Waals surface area contributed by atoms with Gasteiger partial charge in [0.2, 0.25) is 0 Å². The fourth-order valence-corrected chi connectivity index (χ4v) is 1.33. The van der Waals surface area contributed by atoms with Crippen LogP contribution in [0.5, 0.6) is 0 Å². The minimum atomic E-state index is 0.194. The maximum absolute atomic E-state index is 10.7. The Balaban J connectivity index is 2.19. The van der Waals surface area contributed by atoms with Crippen molar-refractivity contribution in [3.8, 4) is 0 Å². The number of hydrogen-bond donors (Lipinski definition) is 0. The monoisotopic (exact) mass is 112 g/mol. The largest absolute Gasteiger partial charge is 0.368 e. The van der Waals surface area contributed by atoms with Gasteiger partial charge in [0.15, 0.2) is 0 Å². The molecule has 0 aromatic heterocycles. The molecule has 8 heavy (non-hydrogen) atoms. The number of Topliss-reactive ketones (excluding diaryl/α,β-unsaturated/α-hetero) is 1. The Kier molecular flexibility index (Phi) is 0.637. The molecular weight excluding hydrogens is 104 g/mol. The molecule has 1 saturated heterocycles. The lowest BCUT2D eigenvalue weighted by Gasteiger charge is -1.96. The topological polar surface area (TPSA) is 29.6 Å². The van der Waals surface area contributed by atoms with Crippen LogP contribution in [-0.4, -0.2) is 18.0 Å². The molecule has 0 aromatic carbocycles. The van der Waals surface area contributed by atoms with Gasteiger partial charge >= 0.3 is 0 Å². The third kappa shape index (κ3) is 0.388. The quantitative estimate of drug-likeness (QED) is 0.423. The summed E-state index contributed by atoms with van der Waals surface area (Å²) in [6.07, 6.45) is 1.30. The number of hydrogen-bond acceptors (Lipinski definition) is 2. The fourth-order valence-electron chi connectivity index (χ4n) is 1.33. The summed E-state index contributed by atoms with van der Waals surface area (Å²) >= 11 is 0. The van der Waals surface area contributed by atoms with Crippen molar-refractivity contribution in [1.82, 2.24) is 0 Å². The molecule has 0 N–H and O–H groups in total. The molecule has 0 unspecified atom stereocenters. The second kappa shape index (κ2) is 1.13. The van der Waals surface area contributed by atoms with E-state index in [0.29, 0.717) is 24.4 Å². The molecule has 1 aliphatic carbocycles. The molecule has 44 valence electrons. The zero-order chi connectivity index (χ0) is 5.72. The fraction of sp³-hybridized carbons (Fsp3) is 0.833. The average Bonchev–Trinajstić information content (AvgIpc) is 2.39. The second-order valence-electron chi connectivity index (χ2n) is 2.60. The summed E-state index contributed by atoms with van der Waals surface area (Å²) in [5.41, 5.74) is 0. The van der Waals surface area contributed by atoms with Crippen LogP contribution in [0.3, 0.4) is 0 Å². The van der Waals surface area contributed by atoms with Gasteiger partial charge < -0.3 is 4.74 Å². The number of rotatable bonds is 0. The molecule has 2 aliphatic rings. The molecule has 1 heterocycles. The van der Waals surface area contributed by atoms with Crippen molar-refractivity contribution >= 4 is 5.78 Å². The Hall–Kier alpha value is -0.370. The number of carbonyl (C=O) groups excluding carboxylic acids is 1. The second-order valence-corrected chi connectivity index (χ2v) is 2.60. The molecule has 2 fully saturated rings. The van der Waals surface area contributed by atoms with Crippen molar-refractivity contribution in [1.29, 1.82) is 0 Å². The first-order chi connectivity index (χ1) is 3.79. The minimum Gasteiger partial charge on any atom is -0.368 e. The van der Waals surface area contributed by atoms with Gasteiger partial charge in [-0.25, -0.2) is 0 Å². The highest BCUT2D eigenvalue weighted by Gasteiger charge is 2.52. The summed E-state index contributed by atoms with van der Waals surface area (Å²) in [4.78, 5) is 10.7. The molecule has 0 radical (unpaired) electrons. The molecule has 2 nitrogen and oxygen atoms in total. The maximum Gasteiger partial charge on any atom is 0.141 e. The van der Waals surface area contributed by atoms with E-state index in [0.717, 1.165) is 0 Å². The molecule has 0 aromatic rings. The number of epoxide rings is 1. The van der Waals surface area contributed by atoms with E-state index in [1.165, 1.54) is 0 Å². The van der Waals surface area contributed by atoms with Gasteiger partial charge in [-0.05, 0) is 0 Å². The summed E-state index contributed by atoms with van der Waals surface area (Å²) in [6.45, 7) is 1.94. The van der Waals surface area contributed by atoms with Crippen LogP contribution >= 0.6 is 0 Å². The van der Waals surface area contributed by atoms with E-state index < -0.39 is 0 Å². The normalized spacial score (nSPS) is 51.6. The van der Waals surface area contributed by atoms with E-state index in [9.17, 15) is 4.79 Å². The van der Waals surface area contributed by atoms with Crippen molar-refractivity contribution in [3.63, 3.8) is 0 Å². The summed E-state index contributed by atoms with van der Waals surface area (Å²) in [6, 6.07) is 0. The zero-order valence-corrected chi connectivity index (χ0v) is 4.76.